The van der Waals surface area contributed by atoms with Gasteiger partial charge in [-0.25, -0.2) is 9.37 Å². The number of pyridine rings is 1. The van der Waals surface area contributed by atoms with Gasteiger partial charge < -0.3 is 24.2 Å². The highest BCUT2D eigenvalue weighted by Gasteiger charge is 2.30. The van der Waals surface area contributed by atoms with Gasteiger partial charge in [-0.3, -0.25) is 14.3 Å². The van der Waals surface area contributed by atoms with Crippen molar-refractivity contribution < 1.29 is 23.7 Å². The Morgan fingerprint density at radius 2 is 1.77 bits per heavy atom. The fourth-order valence-electron chi connectivity index (χ4n) is 5.04. The number of ether oxygens (including phenoxy) is 3. The van der Waals surface area contributed by atoms with Gasteiger partial charge in [0.15, 0.2) is 0 Å². The van der Waals surface area contributed by atoms with Crippen LogP contribution in [-0.2, 0) is 0 Å². The van der Waals surface area contributed by atoms with Crippen LogP contribution in [-0.4, -0.2) is 59.0 Å². The second-order valence-electron chi connectivity index (χ2n) is 9.27. The van der Waals surface area contributed by atoms with Crippen LogP contribution in [0.1, 0.15) is 18.0 Å². The summed E-state index contributed by atoms with van der Waals surface area (Å²) in [5, 5.41) is 11.4. The number of benzene rings is 2. The van der Waals surface area contributed by atoms with Gasteiger partial charge in [-0.1, -0.05) is 24.8 Å². The van der Waals surface area contributed by atoms with Crippen molar-refractivity contribution >= 4 is 12.5 Å². The molecule has 0 amide bonds. The summed E-state index contributed by atoms with van der Waals surface area (Å²) < 4.78 is 32.4. The Balaban J connectivity index is 1.76. The number of hydrogen-bond donors (Lipinski definition) is 1. The molecule has 0 aliphatic carbocycles. The molecule has 0 saturated carbocycles. The standard InChI is InChI=1S/C30H29FN4O5/c1-18-25(29(36)34-15-13-20(17-34)26-22(31)10-7-14-32-26)30(37)35(27-23(39-3)11-6-12-24(27)40-4)28(33-18)19-8-5-9-21(16-19)38-2/h5-12,14,16,20,36H,1,13,15,17H2,2-4H3. The summed E-state index contributed by atoms with van der Waals surface area (Å²) in [4.78, 5) is 24.9. The Kier molecular flexibility index (Phi) is 7.41. The Morgan fingerprint density at radius 1 is 1.05 bits per heavy atom. The lowest BCUT2D eigenvalue weighted by atomic mass is 10.0. The molecular formula is C30H29FN4O5. The SMILES string of the molecule is C=c1nc(-c2cccc(OC)c2)n(-c2c(OC)cccc2OC)c(=O)c1=C(O)N1CCC(c2ncccc2F)C1. The summed E-state index contributed by atoms with van der Waals surface area (Å²) in [6, 6.07) is 15.1. The zero-order valence-electron chi connectivity index (χ0n) is 22.4. The predicted molar refractivity (Wildman–Crippen MR) is 149 cm³/mol. The van der Waals surface area contributed by atoms with Crippen LogP contribution in [0.2, 0.25) is 0 Å². The first kappa shape index (κ1) is 26.7. The van der Waals surface area contributed by atoms with Crippen LogP contribution in [0.4, 0.5) is 4.39 Å². The van der Waals surface area contributed by atoms with Gasteiger partial charge in [0, 0.05) is 30.8 Å². The molecule has 10 heteroatoms. The molecule has 0 bridgehead atoms. The molecule has 206 valence electrons. The maximum atomic E-state index is 14.4. The van der Waals surface area contributed by atoms with Crippen molar-refractivity contribution in [3.8, 4) is 34.3 Å². The molecular weight excluding hydrogens is 515 g/mol. The molecule has 1 N–H and O–H groups in total. The average molecular weight is 545 g/mol. The zero-order valence-corrected chi connectivity index (χ0v) is 22.4. The van der Waals surface area contributed by atoms with Crippen molar-refractivity contribution in [3.05, 3.63) is 93.2 Å². The Bertz CT molecular complexity index is 1720. The number of hydrogen-bond acceptors (Lipinski definition) is 8. The summed E-state index contributed by atoms with van der Waals surface area (Å²) in [6.45, 7) is 4.68. The number of aromatic nitrogens is 3. The van der Waals surface area contributed by atoms with E-state index in [1.165, 1.54) is 30.9 Å². The lowest BCUT2D eigenvalue weighted by molar-refractivity contribution is 0.321. The van der Waals surface area contributed by atoms with E-state index in [-0.39, 0.29) is 34.7 Å². The first-order valence-corrected chi connectivity index (χ1v) is 12.6. The molecule has 9 nitrogen and oxygen atoms in total. The second kappa shape index (κ2) is 11.1. The third-order valence-corrected chi connectivity index (χ3v) is 7.00. The average Bonchev–Trinajstić information content (AvgIpc) is 3.47. The molecule has 1 aliphatic heterocycles. The Morgan fingerprint density at radius 3 is 2.45 bits per heavy atom. The monoisotopic (exact) mass is 544 g/mol. The van der Waals surface area contributed by atoms with Gasteiger partial charge in [0.2, 0.25) is 5.88 Å². The van der Waals surface area contributed by atoms with Gasteiger partial charge in [0.25, 0.3) is 5.56 Å². The lowest BCUT2D eigenvalue weighted by Crippen LogP contribution is -2.50. The fraction of sp³-hybridized carbons (Fsp3) is 0.233. The lowest BCUT2D eigenvalue weighted by Gasteiger charge is -2.20. The molecule has 5 rings (SSSR count). The summed E-state index contributed by atoms with van der Waals surface area (Å²) >= 11 is 0. The van der Waals surface area contributed by atoms with Crippen molar-refractivity contribution in [1.29, 1.82) is 0 Å². The Labute approximate surface area is 230 Å². The van der Waals surface area contributed by atoms with Gasteiger partial charge in [-0.05, 0) is 42.8 Å². The molecule has 0 radical (unpaired) electrons. The first-order chi connectivity index (χ1) is 19.4. The van der Waals surface area contributed by atoms with E-state index in [0.29, 0.717) is 47.2 Å². The minimum absolute atomic E-state index is 0.0814. The highest BCUT2D eigenvalue weighted by molar-refractivity contribution is 5.66. The van der Waals surface area contributed by atoms with E-state index in [2.05, 4.69) is 11.6 Å². The summed E-state index contributed by atoms with van der Waals surface area (Å²) in [5.74, 6) is 0.602. The van der Waals surface area contributed by atoms with Gasteiger partial charge >= 0.3 is 0 Å². The number of halogens is 1. The molecule has 40 heavy (non-hydrogen) atoms. The van der Waals surface area contributed by atoms with Crippen molar-refractivity contribution in [2.24, 2.45) is 0 Å². The molecule has 4 aromatic rings. The number of likely N-dealkylation sites (tertiary alicyclic amines) is 1. The van der Waals surface area contributed by atoms with E-state index < -0.39 is 11.4 Å². The molecule has 1 fully saturated rings. The molecule has 2 aromatic carbocycles. The molecule has 3 heterocycles. The van der Waals surface area contributed by atoms with E-state index in [9.17, 15) is 14.3 Å². The summed E-state index contributed by atoms with van der Waals surface area (Å²) in [7, 11) is 4.53. The highest BCUT2D eigenvalue weighted by Crippen LogP contribution is 2.34. The number of rotatable bonds is 7. The molecule has 1 atom stereocenters. The van der Waals surface area contributed by atoms with Crippen molar-refractivity contribution in [3.63, 3.8) is 0 Å². The minimum atomic E-state index is -0.578. The van der Waals surface area contributed by atoms with Crippen LogP contribution < -0.4 is 30.3 Å². The number of aliphatic hydroxyl groups is 1. The number of nitrogens with zero attached hydrogens (tertiary/aromatic N) is 4. The maximum absolute atomic E-state index is 14.4. The topological polar surface area (TPSA) is 98.9 Å². The first-order valence-electron chi connectivity index (χ1n) is 12.6. The zero-order chi connectivity index (χ0) is 28.4. The van der Waals surface area contributed by atoms with Gasteiger partial charge in [0.1, 0.15) is 39.8 Å². The smallest absolute Gasteiger partial charge is 0.271 e. The van der Waals surface area contributed by atoms with E-state index in [1.54, 1.807) is 60.7 Å². The molecule has 0 spiro atoms. The van der Waals surface area contributed by atoms with Crippen molar-refractivity contribution in [2.75, 3.05) is 34.4 Å². The van der Waals surface area contributed by atoms with Crippen molar-refractivity contribution in [1.82, 2.24) is 19.4 Å². The van der Waals surface area contributed by atoms with E-state index in [4.69, 9.17) is 19.2 Å². The van der Waals surface area contributed by atoms with Crippen LogP contribution in [0.5, 0.6) is 17.2 Å². The van der Waals surface area contributed by atoms with Crippen LogP contribution >= 0.6 is 0 Å². The third-order valence-electron chi connectivity index (χ3n) is 7.00. The highest BCUT2D eigenvalue weighted by atomic mass is 19.1. The minimum Gasteiger partial charge on any atom is -0.497 e. The Hall–Kier alpha value is -4.86. The summed E-state index contributed by atoms with van der Waals surface area (Å²) in [5.41, 5.74) is 0.639. The number of para-hydroxylation sites is 1. The van der Waals surface area contributed by atoms with Crippen molar-refractivity contribution in [2.45, 2.75) is 12.3 Å². The van der Waals surface area contributed by atoms with Gasteiger partial charge in [-0.15, -0.1) is 0 Å². The third kappa shape index (κ3) is 4.72. The second-order valence-corrected chi connectivity index (χ2v) is 9.27. The normalized spacial score (nSPS) is 15.6. The fourth-order valence-corrected chi connectivity index (χ4v) is 5.04. The van der Waals surface area contributed by atoms with Crippen LogP contribution in [0.15, 0.2) is 65.6 Å². The summed E-state index contributed by atoms with van der Waals surface area (Å²) in [6.07, 6.45) is 2.09. The van der Waals surface area contributed by atoms with E-state index in [1.807, 2.05) is 0 Å². The molecule has 2 aromatic heterocycles. The predicted octanol–water partition coefficient (Wildman–Crippen LogP) is 2.98. The van der Waals surface area contributed by atoms with E-state index in [0.717, 1.165) is 0 Å². The molecule has 1 aliphatic rings. The largest absolute Gasteiger partial charge is 0.497 e. The quantitative estimate of drug-likeness (QED) is 0.379. The molecule has 1 unspecified atom stereocenters. The van der Waals surface area contributed by atoms with Crippen LogP contribution in [0.3, 0.4) is 0 Å². The molecule has 1 saturated heterocycles. The van der Waals surface area contributed by atoms with Gasteiger partial charge in [0.05, 0.1) is 32.4 Å². The van der Waals surface area contributed by atoms with E-state index >= 15 is 0 Å². The van der Waals surface area contributed by atoms with Crippen LogP contribution in [0.25, 0.3) is 29.5 Å². The number of aliphatic hydroxyl groups excluding tert-OH is 1. The van der Waals surface area contributed by atoms with Crippen LogP contribution in [0, 0.1) is 5.82 Å². The van der Waals surface area contributed by atoms with Gasteiger partial charge in [-0.2, -0.15) is 0 Å². The maximum Gasteiger partial charge on any atom is 0.271 e. The number of methoxy groups -OCH3 is 3.